The molecule has 0 unspecified atom stereocenters. The summed E-state index contributed by atoms with van der Waals surface area (Å²) in [6.07, 6.45) is 1.76. The summed E-state index contributed by atoms with van der Waals surface area (Å²) in [6.45, 7) is 4.31. The minimum Gasteiger partial charge on any atom is -0.369 e. The first-order valence-corrected chi connectivity index (χ1v) is 8.47. The Kier molecular flexibility index (Phi) is 4.11. The third kappa shape index (κ3) is 3.49. The number of anilines is 3. The van der Waals surface area contributed by atoms with E-state index in [4.69, 9.17) is 0 Å². The lowest BCUT2D eigenvalue weighted by molar-refractivity contribution is 0.313. The number of aromatic amines is 1. The first-order chi connectivity index (χ1) is 12.2. The predicted octanol–water partition coefficient (Wildman–Crippen LogP) is 2.42. The quantitative estimate of drug-likeness (QED) is 0.770. The van der Waals surface area contributed by atoms with E-state index in [9.17, 15) is 4.79 Å². The zero-order valence-electron chi connectivity index (χ0n) is 14.2. The Morgan fingerprint density at radius 2 is 1.80 bits per heavy atom. The molecule has 0 aliphatic carbocycles. The van der Waals surface area contributed by atoms with Crippen molar-refractivity contribution in [2.24, 2.45) is 0 Å². The number of likely N-dealkylation sites (N-methyl/N-ethyl adjacent to an activating group) is 1. The number of hydrogen-bond donors (Lipinski definition) is 2. The van der Waals surface area contributed by atoms with E-state index in [1.807, 2.05) is 6.07 Å². The van der Waals surface area contributed by atoms with E-state index >= 15 is 0 Å². The molecule has 128 valence electrons. The van der Waals surface area contributed by atoms with Crippen LogP contribution >= 0.6 is 0 Å². The minimum absolute atomic E-state index is 0.110. The summed E-state index contributed by atoms with van der Waals surface area (Å²) in [6, 6.07) is 13.5. The predicted molar refractivity (Wildman–Crippen MR) is 102 cm³/mol. The van der Waals surface area contributed by atoms with Crippen LogP contribution < -0.4 is 15.8 Å². The summed E-state index contributed by atoms with van der Waals surface area (Å²) < 4.78 is 0. The highest BCUT2D eigenvalue weighted by Gasteiger charge is 2.13. The largest absolute Gasteiger partial charge is 0.369 e. The summed E-state index contributed by atoms with van der Waals surface area (Å²) in [5, 5.41) is 4.21. The van der Waals surface area contributed by atoms with Gasteiger partial charge in [0.2, 0.25) is 5.56 Å². The molecule has 0 spiro atoms. The van der Waals surface area contributed by atoms with Gasteiger partial charge in [-0.1, -0.05) is 0 Å². The maximum absolute atomic E-state index is 11.5. The molecule has 2 aromatic heterocycles. The van der Waals surface area contributed by atoms with E-state index in [0.717, 1.165) is 42.8 Å². The average Bonchev–Trinajstić information content (AvgIpc) is 2.63. The Labute approximate surface area is 146 Å². The maximum Gasteiger partial charge on any atom is 0.248 e. The van der Waals surface area contributed by atoms with Gasteiger partial charge in [-0.25, -0.2) is 4.98 Å². The van der Waals surface area contributed by atoms with Crippen molar-refractivity contribution in [1.29, 1.82) is 0 Å². The van der Waals surface area contributed by atoms with Crippen molar-refractivity contribution in [3.05, 3.63) is 59.0 Å². The molecule has 0 atom stereocenters. The molecular weight excluding hydrogens is 314 g/mol. The van der Waals surface area contributed by atoms with E-state index < -0.39 is 0 Å². The summed E-state index contributed by atoms with van der Waals surface area (Å²) >= 11 is 0. The standard InChI is InChI=1S/C19H21N5O/c1-23-8-10-24(11-9-23)16-5-3-15(4-6-16)21-18-12-17-14(13-20-18)2-7-19(25)22-17/h2-7,12-13H,8-11H2,1H3,(H,20,21)(H,22,25). The van der Waals surface area contributed by atoms with Gasteiger partial charge in [-0.05, 0) is 37.4 Å². The summed E-state index contributed by atoms with van der Waals surface area (Å²) in [4.78, 5) is 23.4. The van der Waals surface area contributed by atoms with Gasteiger partial charge in [0.05, 0.1) is 5.52 Å². The number of pyridine rings is 2. The molecule has 0 saturated carbocycles. The molecule has 1 saturated heterocycles. The molecule has 0 radical (unpaired) electrons. The molecule has 1 fully saturated rings. The second-order valence-electron chi connectivity index (χ2n) is 6.44. The molecule has 1 aromatic carbocycles. The Bertz CT molecular complexity index is 926. The van der Waals surface area contributed by atoms with Crippen molar-refractivity contribution in [3.8, 4) is 0 Å². The van der Waals surface area contributed by atoms with Crippen LogP contribution in [0.2, 0.25) is 0 Å². The van der Waals surface area contributed by atoms with Crippen LogP contribution in [0.5, 0.6) is 0 Å². The van der Waals surface area contributed by atoms with Gasteiger partial charge in [0.1, 0.15) is 5.82 Å². The van der Waals surface area contributed by atoms with Crippen LogP contribution in [0.3, 0.4) is 0 Å². The van der Waals surface area contributed by atoms with Crippen LogP contribution in [-0.2, 0) is 0 Å². The summed E-state index contributed by atoms with van der Waals surface area (Å²) in [5.74, 6) is 0.710. The number of nitrogens with zero attached hydrogens (tertiary/aromatic N) is 3. The molecule has 0 bridgehead atoms. The lowest BCUT2D eigenvalue weighted by Gasteiger charge is -2.34. The molecule has 1 aliphatic heterocycles. The first kappa shape index (κ1) is 15.7. The lowest BCUT2D eigenvalue weighted by Crippen LogP contribution is -2.44. The van der Waals surface area contributed by atoms with Gasteiger partial charge >= 0.3 is 0 Å². The highest BCUT2D eigenvalue weighted by atomic mass is 16.1. The van der Waals surface area contributed by atoms with Crippen LogP contribution in [0.25, 0.3) is 10.9 Å². The molecule has 0 amide bonds. The lowest BCUT2D eigenvalue weighted by atomic mass is 10.2. The van der Waals surface area contributed by atoms with Gasteiger partial charge in [0.25, 0.3) is 0 Å². The molecule has 4 rings (SSSR count). The summed E-state index contributed by atoms with van der Waals surface area (Å²) in [5.41, 5.74) is 2.89. The number of benzene rings is 1. The van der Waals surface area contributed by atoms with Crippen LogP contribution in [0.15, 0.2) is 53.5 Å². The van der Waals surface area contributed by atoms with E-state index in [0.29, 0.717) is 5.82 Å². The molecule has 3 aromatic rings. The topological polar surface area (TPSA) is 64.3 Å². The SMILES string of the molecule is CN1CCN(c2ccc(Nc3cc4[nH]c(=O)ccc4cn3)cc2)CC1. The van der Waals surface area contributed by atoms with Gasteiger partial charge in [0.15, 0.2) is 0 Å². The van der Waals surface area contributed by atoms with Crippen molar-refractivity contribution in [2.45, 2.75) is 0 Å². The smallest absolute Gasteiger partial charge is 0.248 e. The maximum atomic E-state index is 11.5. The van der Waals surface area contributed by atoms with Gasteiger partial charge in [0, 0.05) is 61.3 Å². The van der Waals surface area contributed by atoms with Crippen molar-refractivity contribution in [3.63, 3.8) is 0 Å². The molecular formula is C19H21N5O. The Morgan fingerprint density at radius 3 is 2.56 bits per heavy atom. The van der Waals surface area contributed by atoms with Gasteiger partial charge in [-0.2, -0.15) is 0 Å². The molecule has 6 heteroatoms. The fourth-order valence-corrected chi connectivity index (χ4v) is 3.08. The van der Waals surface area contributed by atoms with Gasteiger partial charge < -0.3 is 20.1 Å². The number of fused-ring (bicyclic) bond motifs is 1. The molecule has 25 heavy (non-hydrogen) atoms. The summed E-state index contributed by atoms with van der Waals surface area (Å²) in [7, 11) is 2.16. The average molecular weight is 335 g/mol. The van der Waals surface area contributed by atoms with Crippen molar-refractivity contribution in [2.75, 3.05) is 43.4 Å². The van der Waals surface area contributed by atoms with Crippen molar-refractivity contribution >= 4 is 28.1 Å². The zero-order chi connectivity index (χ0) is 17.2. The number of hydrogen-bond acceptors (Lipinski definition) is 5. The monoisotopic (exact) mass is 335 g/mol. The number of H-pyrrole nitrogens is 1. The van der Waals surface area contributed by atoms with E-state index in [1.54, 1.807) is 12.3 Å². The third-order valence-corrected chi connectivity index (χ3v) is 4.62. The van der Waals surface area contributed by atoms with Crippen LogP contribution in [-0.4, -0.2) is 48.1 Å². The van der Waals surface area contributed by atoms with E-state index in [2.05, 4.69) is 56.4 Å². The molecule has 2 N–H and O–H groups in total. The highest BCUT2D eigenvalue weighted by molar-refractivity contribution is 5.80. The van der Waals surface area contributed by atoms with E-state index in [1.165, 1.54) is 11.8 Å². The third-order valence-electron chi connectivity index (χ3n) is 4.62. The Hall–Kier alpha value is -2.86. The van der Waals surface area contributed by atoms with Crippen LogP contribution in [0.1, 0.15) is 0 Å². The minimum atomic E-state index is -0.110. The first-order valence-electron chi connectivity index (χ1n) is 8.47. The molecule has 6 nitrogen and oxygen atoms in total. The Balaban J connectivity index is 1.50. The van der Waals surface area contributed by atoms with Crippen molar-refractivity contribution in [1.82, 2.24) is 14.9 Å². The van der Waals surface area contributed by atoms with Gasteiger partial charge in [-0.3, -0.25) is 4.79 Å². The van der Waals surface area contributed by atoms with Crippen molar-refractivity contribution < 1.29 is 0 Å². The fourth-order valence-electron chi connectivity index (χ4n) is 3.08. The number of aromatic nitrogens is 2. The van der Waals surface area contributed by atoms with Crippen LogP contribution in [0, 0.1) is 0 Å². The number of nitrogens with one attached hydrogen (secondary N) is 2. The second-order valence-corrected chi connectivity index (χ2v) is 6.44. The van der Waals surface area contributed by atoms with E-state index in [-0.39, 0.29) is 5.56 Å². The van der Waals surface area contributed by atoms with Gasteiger partial charge in [-0.15, -0.1) is 0 Å². The molecule has 3 heterocycles. The molecule has 1 aliphatic rings. The Morgan fingerprint density at radius 1 is 1.04 bits per heavy atom. The second kappa shape index (κ2) is 6.57. The zero-order valence-corrected chi connectivity index (χ0v) is 14.2. The highest BCUT2D eigenvalue weighted by Crippen LogP contribution is 2.22. The number of rotatable bonds is 3. The van der Waals surface area contributed by atoms with Crippen LogP contribution in [0.4, 0.5) is 17.2 Å². The number of piperazine rings is 1. The normalized spacial score (nSPS) is 15.5. The fraction of sp³-hybridized carbons (Fsp3) is 0.263.